The van der Waals surface area contributed by atoms with Gasteiger partial charge in [0.15, 0.2) is 0 Å². The lowest BCUT2D eigenvalue weighted by molar-refractivity contribution is -0.118. The molecule has 0 atom stereocenters. The first-order chi connectivity index (χ1) is 8.59. The maximum absolute atomic E-state index is 12.3. The Morgan fingerprint density at radius 3 is 2.32 bits per heavy atom. The van der Waals surface area contributed by atoms with E-state index in [0.717, 1.165) is 25.1 Å². The van der Waals surface area contributed by atoms with E-state index in [1.54, 1.807) is 0 Å². The van der Waals surface area contributed by atoms with Crippen molar-refractivity contribution < 1.29 is 4.79 Å². The van der Waals surface area contributed by atoms with Crippen LogP contribution in [0.5, 0.6) is 0 Å². The zero-order chi connectivity index (χ0) is 14.8. The normalized spacial score (nSPS) is 21.6. The van der Waals surface area contributed by atoms with E-state index in [2.05, 4.69) is 55.9 Å². The Morgan fingerprint density at radius 2 is 1.89 bits per heavy atom. The van der Waals surface area contributed by atoms with E-state index in [4.69, 9.17) is 0 Å². The number of hydrogen-bond donors (Lipinski definition) is 1. The Balaban J connectivity index is 2.62. The molecule has 0 aromatic rings. The molecule has 1 amide bonds. The molecule has 0 aromatic carbocycles. The molecule has 110 valence electrons. The van der Waals surface area contributed by atoms with Crippen LogP contribution in [0.15, 0.2) is 11.6 Å². The van der Waals surface area contributed by atoms with Crippen molar-refractivity contribution in [3.05, 3.63) is 11.6 Å². The van der Waals surface area contributed by atoms with E-state index in [1.165, 1.54) is 0 Å². The number of amides is 1. The highest BCUT2D eigenvalue weighted by atomic mass is 16.1. The van der Waals surface area contributed by atoms with E-state index in [1.807, 2.05) is 14.1 Å². The third kappa shape index (κ3) is 3.57. The van der Waals surface area contributed by atoms with Crippen molar-refractivity contribution in [3.8, 4) is 0 Å². The number of nitrogens with zero attached hydrogens (tertiary/aromatic N) is 2. The highest BCUT2D eigenvalue weighted by Gasteiger charge is 2.45. The topological polar surface area (TPSA) is 35.6 Å². The predicted molar refractivity (Wildman–Crippen MR) is 80.2 cm³/mol. The molecule has 1 rings (SSSR count). The monoisotopic (exact) mass is 267 g/mol. The molecule has 1 aliphatic heterocycles. The van der Waals surface area contributed by atoms with Gasteiger partial charge >= 0.3 is 0 Å². The molecule has 19 heavy (non-hydrogen) atoms. The van der Waals surface area contributed by atoms with Crippen molar-refractivity contribution >= 4 is 5.91 Å². The summed E-state index contributed by atoms with van der Waals surface area (Å²) in [4.78, 5) is 16.7. The molecule has 0 bridgehead atoms. The molecule has 4 heteroatoms. The van der Waals surface area contributed by atoms with Crippen molar-refractivity contribution in [3.63, 3.8) is 0 Å². The molecule has 0 aromatic heterocycles. The van der Waals surface area contributed by atoms with Gasteiger partial charge in [-0.05, 0) is 61.8 Å². The molecular weight excluding hydrogens is 238 g/mol. The Morgan fingerprint density at radius 1 is 1.32 bits per heavy atom. The van der Waals surface area contributed by atoms with Gasteiger partial charge < -0.3 is 10.2 Å². The highest BCUT2D eigenvalue weighted by Crippen LogP contribution is 2.38. The Kier molecular flexibility index (Phi) is 4.80. The van der Waals surface area contributed by atoms with Gasteiger partial charge in [0.1, 0.15) is 0 Å². The summed E-state index contributed by atoms with van der Waals surface area (Å²) in [6.07, 6.45) is 3.07. The van der Waals surface area contributed by atoms with Gasteiger partial charge in [0.25, 0.3) is 0 Å². The molecule has 0 radical (unpaired) electrons. The fourth-order valence-corrected chi connectivity index (χ4v) is 2.56. The van der Waals surface area contributed by atoms with Gasteiger partial charge in [-0.25, -0.2) is 0 Å². The zero-order valence-corrected chi connectivity index (χ0v) is 13.5. The molecule has 1 N–H and O–H groups in total. The molecule has 1 heterocycles. The lowest BCUT2D eigenvalue weighted by atomic mass is 9.95. The highest BCUT2D eigenvalue weighted by molar-refractivity contribution is 5.96. The Bertz CT molecular complexity index is 370. The quantitative estimate of drug-likeness (QED) is 0.767. The van der Waals surface area contributed by atoms with Crippen molar-refractivity contribution in [1.29, 1.82) is 0 Å². The summed E-state index contributed by atoms with van der Waals surface area (Å²) in [5, 5.41) is 3.03. The van der Waals surface area contributed by atoms with E-state index in [0.29, 0.717) is 0 Å². The average molecular weight is 267 g/mol. The lowest BCUT2D eigenvalue weighted by Gasteiger charge is -2.38. The van der Waals surface area contributed by atoms with Crippen molar-refractivity contribution in [2.24, 2.45) is 0 Å². The third-order valence-corrected chi connectivity index (χ3v) is 4.17. The van der Waals surface area contributed by atoms with E-state index >= 15 is 0 Å². The van der Waals surface area contributed by atoms with E-state index in [-0.39, 0.29) is 17.0 Å². The lowest BCUT2D eigenvalue weighted by Crippen LogP contribution is -2.49. The van der Waals surface area contributed by atoms with Crippen LogP contribution < -0.4 is 5.32 Å². The largest absolute Gasteiger partial charge is 0.352 e. The summed E-state index contributed by atoms with van der Waals surface area (Å²) in [6.45, 7) is 10.2. The van der Waals surface area contributed by atoms with Gasteiger partial charge in [0, 0.05) is 23.2 Å². The molecule has 1 aliphatic rings. The minimum Gasteiger partial charge on any atom is -0.352 e. The summed E-state index contributed by atoms with van der Waals surface area (Å²) >= 11 is 0. The number of carbonyl (C=O) groups excluding carboxylic acids is 1. The van der Waals surface area contributed by atoms with Gasteiger partial charge in [-0.15, -0.1) is 0 Å². The first-order valence-corrected chi connectivity index (χ1v) is 6.99. The standard InChI is InChI=1S/C15H29N3O/c1-14(2)11-12(15(3,4)18(14)7)13(19)16-9-8-10-17(5)6/h11H,8-10H2,1-7H3,(H,16,19). The van der Waals surface area contributed by atoms with E-state index in [9.17, 15) is 4.79 Å². The molecule has 0 saturated heterocycles. The second-order valence-corrected chi connectivity index (χ2v) is 6.74. The number of likely N-dealkylation sites (N-methyl/N-ethyl adjacent to an activating group) is 1. The first kappa shape index (κ1) is 16.2. The third-order valence-electron chi connectivity index (χ3n) is 4.17. The number of nitrogens with one attached hydrogen (secondary N) is 1. The van der Waals surface area contributed by atoms with Crippen LogP contribution in [-0.2, 0) is 4.79 Å². The van der Waals surface area contributed by atoms with Gasteiger partial charge in [-0.3, -0.25) is 9.69 Å². The minimum absolute atomic E-state index is 0.0696. The first-order valence-electron chi connectivity index (χ1n) is 6.99. The maximum atomic E-state index is 12.3. The van der Waals surface area contributed by atoms with Crippen LogP contribution in [0, 0.1) is 0 Å². The van der Waals surface area contributed by atoms with Crippen LogP contribution in [-0.4, -0.2) is 61.0 Å². The molecule has 0 saturated carbocycles. The molecule has 0 spiro atoms. The summed E-state index contributed by atoms with van der Waals surface area (Å²) in [6, 6.07) is 0. The number of rotatable bonds is 5. The predicted octanol–water partition coefficient (Wildman–Crippen LogP) is 1.48. The summed E-state index contributed by atoms with van der Waals surface area (Å²) in [7, 11) is 6.16. The second kappa shape index (κ2) is 5.63. The smallest absolute Gasteiger partial charge is 0.248 e. The van der Waals surface area contributed by atoms with Crippen LogP contribution in [0.2, 0.25) is 0 Å². The van der Waals surface area contributed by atoms with Crippen molar-refractivity contribution in [1.82, 2.24) is 15.1 Å². The molecular formula is C15H29N3O. The van der Waals surface area contributed by atoms with Crippen molar-refractivity contribution in [2.75, 3.05) is 34.2 Å². The van der Waals surface area contributed by atoms with Gasteiger partial charge in [-0.1, -0.05) is 6.08 Å². The van der Waals surface area contributed by atoms with Crippen LogP contribution in [0.4, 0.5) is 0 Å². The molecule has 0 fully saturated rings. The Labute approximate surface area is 117 Å². The fraction of sp³-hybridized carbons (Fsp3) is 0.800. The van der Waals surface area contributed by atoms with Crippen LogP contribution >= 0.6 is 0 Å². The fourth-order valence-electron chi connectivity index (χ4n) is 2.56. The van der Waals surface area contributed by atoms with Crippen LogP contribution in [0.3, 0.4) is 0 Å². The summed E-state index contributed by atoms with van der Waals surface area (Å²) < 4.78 is 0. The zero-order valence-electron chi connectivity index (χ0n) is 13.5. The maximum Gasteiger partial charge on any atom is 0.248 e. The Hall–Kier alpha value is -0.870. The van der Waals surface area contributed by atoms with Crippen LogP contribution in [0.25, 0.3) is 0 Å². The van der Waals surface area contributed by atoms with Crippen LogP contribution in [0.1, 0.15) is 34.1 Å². The molecule has 0 unspecified atom stereocenters. The van der Waals surface area contributed by atoms with Gasteiger partial charge in [0.05, 0.1) is 0 Å². The summed E-state index contributed by atoms with van der Waals surface area (Å²) in [5.74, 6) is 0.0705. The van der Waals surface area contributed by atoms with E-state index < -0.39 is 0 Å². The molecule has 4 nitrogen and oxygen atoms in total. The SMILES string of the molecule is CN(C)CCCNC(=O)C1=CC(C)(C)N(C)C1(C)C. The minimum atomic E-state index is -0.213. The van der Waals surface area contributed by atoms with Crippen molar-refractivity contribution in [2.45, 2.75) is 45.2 Å². The molecule has 0 aliphatic carbocycles. The average Bonchev–Trinajstić information content (AvgIpc) is 2.45. The van der Waals surface area contributed by atoms with Gasteiger partial charge in [0.2, 0.25) is 5.91 Å². The van der Waals surface area contributed by atoms with Gasteiger partial charge in [-0.2, -0.15) is 0 Å². The summed E-state index contributed by atoms with van der Waals surface area (Å²) in [5.41, 5.74) is 0.597. The number of hydrogen-bond acceptors (Lipinski definition) is 3. The number of carbonyl (C=O) groups is 1. The second-order valence-electron chi connectivity index (χ2n) is 6.74.